The maximum absolute atomic E-state index is 12.9. The monoisotopic (exact) mass is 491 g/mol. The van der Waals surface area contributed by atoms with E-state index in [1.54, 1.807) is 12.4 Å². The lowest BCUT2D eigenvalue weighted by atomic mass is 10.0. The van der Waals surface area contributed by atoms with Crippen molar-refractivity contribution in [2.24, 2.45) is 0 Å². The van der Waals surface area contributed by atoms with Crippen LogP contribution in [0.3, 0.4) is 0 Å². The molecule has 8 heteroatoms. The Balaban J connectivity index is 1.19. The van der Waals surface area contributed by atoms with Crippen LogP contribution in [0.4, 0.5) is 11.5 Å². The van der Waals surface area contributed by atoms with Crippen molar-refractivity contribution in [1.82, 2.24) is 24.6 Å². The van der Waals surface area contributed by atoms with Crippen molar-refractivity contribution in [3.8, 4) is 17.1 Å². The number of nitrogens with zero attached hydrogens (tertiary/aromatic N) is 4. The van der Waals surface area contributed by atoms with E-state index in [0.717, 1.165) is 59.6 Å². The molecule has 1 aliphatic heterocycles. The third-order valence-electron chi connectivity index (χ3n) is 6.96. The van der Waals surface area contributed by atoms with E-state index in [-0.39, 0.29) is 5.91 Å². The number of rotatable bonds is 6. The largest absolute Gasteiger partial charge is 0.382 e. The summed E-state index contributed by atoms with van der Waals surface area (Å²) in [6.07, 6.45) is 5.80. The van der Waals surface area contributed by atoms with Crippen LogP contribution < -0.4 is 10.6 Å². The fourth-order valence-corrected chi connectivity index (χ4v) is 4.93. The lowest BCUT2D eigenvalue weighted by molar-refractivity contribution is 0.102. The average molecular weight is 492 g/mol. The highest BCUT2D eigenvalue weighted by atomic mass is 16.1. The molecule has 1 aliphatic rings. The highest BCUT2D eigenvalue weighted by Crippen LogP contribution is 2.31. The molecule has 6 rings (SSSR count). The molecule has 0 radical (unpaired) electrons. The smallest absolute Gasteiger partial charge is 0.256 e. The van der Waals surface area contributed by atoms with Crippen LogP contribution in [-0.2, 0) is 0 Å². The number of hydrogen-bond acceptors (Lipinski definition) is 5. The van der Waals surface area contributed by atoms with Gasteiger partial charge >= 0.3 is 0 Å². The molecule has 3 aromatic heterocycles. The summed E-state index contributed by atoms with van der Waals surface area (Å²) in [5, 5.41) is 15.1. The fourth-order valence-electron chi connectivity index (χ4n) is 4.93. The van der Waals surface area contributed by atoms with Gasteiger partial charge in [-0.2, -0.15) is 5.10 Å². The van der Waals surface area contributed by atoms with Crippen LogP contribution in [0, 0.1) is 0 Å². The van der Waals surface area contributed by atoms with E-state index in [4.69, 9.17) is 0 Å². The number of benzene rings is 2. The molecule has 0 saturated carbocycles. The Morgan fingerprint density at radius 2 is 1.73 bits per heavy atom. The van der Waals surface area contributed by atoms with Crippen molar-refractivity contribution in [3.05, 3.63) is 90.8 Å². The highest BCUT2D eigenvalue weighted by molar-refractivity contribution is 6.04. The number of pyridine rings is 1. The number of carbonyl (C=O) groups is 1. The van der Waals surface area contributed by atoms with Crippen LogP contribution in [-0.4, -0.2) is 56.7 Å². The fraction of sp³-hybridized carbons (Fsp3) is 0.207. The van der Waals surface area contributed by atoms with Gasteiger partial charge in [0.1, 0.15) is 11.5 Å². The van der Waals surface area contributed by atoms with E-state index in [2.05, 4.69) is 60.5 Å². The third kappa shape index (κ3) is 4.83. The highest BCUT2D eigenvalue weighted by Gasteiger charge is 2.18. The second-order valence-corrected chi connectivity index (χ2v) is 9.55. The lowest BCUT2D eigenvalue weighted by Gasteiger charge is -2.30. The number of anilines is 2. The first-order chi connectivity index (χ1) is 18.1. The molecule has 0 aliphatic carbocycles. The number of carbonyl (C=O) groups excluding carboxylic acids is 1. The maximum Gasteiger partial charge on any atom is 0.256 e. The Hall–Kier alpha value is -4.43. The van der Waals surface area contributed by atoms with Crippen molar-refractivity contribution in [2.75, 3.05) is 30.8 Å². The molecule has 4 heterocycles. The number of nitrogens with one attached hydrogen (secondary N) is 3. The number of aromatic amines is 1. The molecule has 0 bridgehead atoms. The van der Waals surface area contributed by atoms with Gasteiger partial charge in [-0.15, -0.1) is 0 Å². The van der Waals surface area contributed by atoms with E-state index in [0.29, 0.717) is 17.4 Å². The summed E-state index contributed by atoms with van der Waals surface area (Å²) in [5.74, 6) is 0.357. The lowest BCUT2D eigenvalue weighted by Crippen LogP contribution is -2.36. The Labute approximate surface area is 215 Å². The van der Waals surface area contributed by atoms with Gasteiger partial charge in [-0.25, -0.2) is 0 Å². The summed E-state index contributed by atoms with van der Waals surface area (Å²) in [7, 11) is 2.16. The van der Waals surface area contributed by atoms with Crippen LogP contribution >= 0.6 is 0 Å². The van der Waals surface area contributed by atoms with Crippen LogP contribution in [0.5, 0.6) is 0 Å². The van der Waals surface area contributed by atoms with Gasteiger partial charge in [0.15, 0.2) is 0 Å². The number of likely N-dealkylation sites (tertiary alicyclic amines) is 1. The zero-order chi connectivity index (χ0) is 25.2. The summed E-state index contributed by atoms with van der Waals surface area (Å²) in [5.41, 5.74) is 5.37. The molecule has 0 spiro atoms. The summed E-state index contributed by atoms with van der Waals surface area (Å²) in [6.45, 7) is 2.21. The minimum absolute atomic E-state index is 0.185. The number of piperidine rings is 1. The van der Waals surface area contributed by atoms with Gasteiger partial charge in [0.05, 0.1) is 11.2 Å². The minimum Gasteiger partial charge on any atom is -0.382 e. The Morgan fingerprint density at radius 1 is 0.973 bits per heavy atom. The molecular formula is C29H29N7O. The Bertz CT molecular complexity index is 1510. The van der Waals surface area contributed by atoms with Crippen molar-refractivity contribution in [2.45, 2.75) is 18.9 Å². The molecule has 1 amide bonds. The molecule has 2 aromatic carbocycles. The van der Waals surface area contributed by atoms with Gasteiger partial charge in [-0.1, -0.05) is 18.2 Å². The van der Waals surface area contributed by atoms with E-state index in [9.17, 15) is 4.79 Å². The second-order valence-electron chi connectivity index (χ2n) is 9.55. The van der Waals surface area contributed by atoms with Gasteiger partial charge in [0.2, 0.25) is 0 Å². The predicted octanol–water partition coefficient (Wildman–Crippen LogP) is 5.17. The van der Waals surface area contributed by atoms with Crippen molar-refractivity contribution in [3.63, 3.8) is 0 Å². The molecule has 1 saturated heterocycles. The molecule has 186 valence electrons. The summed E-state index contributed by atoms with van der Waals surface area (Å²) >= 11 is 0. The Morgan fingerprint density at radius 3 is 2.51 bits per heavy atom. The zero-order valence-electron chi connectivity index (χ0n) is 20.7. The standard InChI is InChI=1S/C29H29N7O/c1-35-16-12-23(13-17-35)31-22-8-6-20(7-9-22)29(37)32-28-19-25(33-34-28)27-18-21-4-2-3-5-26(21)36(27)24-10-14-30-15-11-24/h2-11,14-15,18-19,23,31H,12-13,16-17H2,1H3,(H2,32,33,34,37). The summed E-state index contributed by atoms with van der Waals surface area (Å²) < 4.78 is 2.15. The van der Waals surface area contributed by atoms with Crippen LogP contribution in [0.1, 0.15) is 23.2 Å². The predicted molar refractivity (Wildman–Crippen MR) is 147 cm³/mol. The first kappa shape index (κ1) is 23.0. The van der Waals surface area contributed by atoms with Crippen molar-refractivity contribution < 1.29 is 4.79 Å². The van der Waals surface area contributed by atoms with Gasteiger partial charge in [0.25, 0.3) is 5.91 Å². The number of amides is 1. The molecular weight excluding hydrogens is 462 g/mol. The average Bonchev–Trinajstić information content (AvgIpc) is 3.55. The number of hydrogen-bond donors (Lipinski definition) is 3. The second kappa shape index (κ2) is 9.91. The minimum atomic E-state index is -0.185. The molecule has 3 N–H and O–H groups in total. The zero-order valence-corrected chi connectivity index (χ0v) is 20.7. The van der Waals surface area contributed by atoms with Gasteiger partial charge in [-0.3, -0.25) is 14.9 Å². The van der Waals surface area contributed by atoms with E-state index in [1.165, 1.54) is 0 Å². The van der Waals surface area contributed by atoms with E-state index >= 15 is 0 Å². The van der Waals surface area contributed by atoms with Crippen LogP contribution in [0.2, 0.25) is 0 Å². The van der Waals surface area contributed by atoms with Crippen molar-refractivity contribution >= 4 is 28.3 Å². The Kier molecular flexibility index (Phi) is 6.16. The number of fused-ring (bicyclic) bond motifs is 1. The molecule has 5 aromatic rings. The van der Waals surface area contributed by atoms with E-state index < -0.39 is 0 Å². The molecule has 0 atom stereocenters. The normalized spacial score (nSPS) is 14.6. The molecule has 8 nitrogen and oxygen atoms in total. The maximum atomic E-state index is 12.9. The topological polar surface area (TPSA) is 90.9 Å². The van der Waals surface area contributed by atoms with Gasteiger partial charge < -0.3 is 20.1 Å². The van der Waals surface area contributed by atoms with Crippen LogP contribution in [0.25, 0.3) is 28.0 Å². The van der Waals surface area contributed by atoms with Crippen LogP contribution in [0.15, 0.2) is 85.2 Å². The number of H-pyrrole nitrogens is 1. The number of para-hydroxylation sites is 1. The third-order valence-corrected chi connectivity index (χ3v) is 6.96. The van der Waals surface area contributed by atoms with Gasteiger partial charge in [0, 0.05) is 46.8 Å². The molecule has 0 unspecified atom stereocenters. The molecule has 37 heavy (non-hydrogen) atoms. The first-order valence-electron chi connectivity index (χ1n) is 12.6. The van der Waals surface area contributed by atoms with E-state index in [1.807, 2.05) is 54.6 Å². The van der Waals surface area contributed by atoms with Gasteiger partial charge in [-0.05, 0) is 81.5 Å². The summed E-state index contributed by atoms with van der Waals surface area (Å²) in [4.78, 5) is 19.4. The quantitative estimate of drug-likeness (QED) is 0.305. The summed E-state index contributed by atoms with van der Waals surface area (Å²) in [6, 6.07) is 24.2. The first-order valence-corrected chi connectivity index (χ1v) is 12.6. The van der Waals surface area contributed by atoms with Crippen molar-refractivity contribution in [1.29, 1.82) is 0 Å². The molecule has 1 fully saturated rings. The number of aromatic nitrogens is 4. The SMILES string of the molecule is CN1CCC(Nc2ccc(C(=O)Nc3cc(-c4cc5ccccc5n4-c4ccncc4)n[nH]3)cc2)CC1.